The number of carbonyl (C=O) groups is 2. The van der Waals surface area contributed by atoms with Crippen molar-refractivity contribution in [2.75, 3.05) is 13.2 Å². The molecule has 0 fully saturated rings. The molecule has 7 heteroatoms. The Kier molecular flexibility index (Phi) is 11.6. The van der Waals surface area contributed by atoms with Gasteiger partial charge in [0.15, 0.2) is 0 Å². The number of rotatable bonds is 15. The highest BCUT2D eigenvalue weighted by Gasteiger charge is 2.23. The summed E-state index contributed by atoms with van der Waals surface area (Å²) < 4.78 is 5.81. The van der Waals surface area contributed by atoms with Crippen molar-refractivity contribution in [2.24, 2.45) is 5.92 Å². The third-order valence-electron chi connectivity index (χ3n) is 6.15. The van der Waals surface area contributed by atoms with E-state index in [2.05, 4.69) is 17.2 Å². The number of amides is 2. The van der Waals surface area contributed by atoms with Gasteiger partial charge in [-0.2, -0.15) is 0 Å². The Morgan fingerprint density at radius 3 is 2.21 bits per heavy atom. The Labute approximate surface area is 224 Å². The normalized spacial score (nSPS) is 13.1. The number of nitrogens with one attached hydrogen (secondary N) is 2. The second kappa shape index (κ2) is 15.3. The summed E-state index contributed by atoms with van der Waals surface area (Å²) in [5, 5.41) is 25.7. The fourth-order valence-electron chi connectivity index (χ4n) is 4.04. The van der Waals surface area contributed by atoms with E-state index in [-0.39, 0.29) is 31.4 Å². The zero-order valence-corrected chi connectivity index (χ0v) is 21.5. The van der Waals surface area contributed by atoms with Crippen LogP contribution in [0.2, 0.25) is 0 Å². The van der Waals surface area contributed by atoms with Crippen molar-refractivity contribution in [2.45, 2.75) is 38.0 Å². The van der Waals surface area contributed by atoms with Gasteiger partial charge in [-0.05, 0) is 41.7 Å². The third-order valence-corrected chi connectivity index (χ3v) is 6.15. The molecule has 4 N–H and O–H groups in total. The molecule has 3 atom stereocenters. The van der Waals surface area contributed by atoms with Gasteiger partial charge in [0.1, 0.15) is 12.4 Å². The van der Waals surface area contributed by atoms with Crippen LogP contribution >= 0.6 is 0 Å². The summed E-state index contributed by atoms with van der Waals surface area (Å²) in [6, 6.07) is 26.0. The Hall–Kier alpha value is -3.94. The van der Waals surface area contributed by atoms with Crippen LogP contribution < -0.4 is 15.4 Å². The maximum absolute atomic E-state index is 12.7. The van der Waals surface area contributed by atoms with Crippen LogP contribution in [-0.2, 0) is 22.6 Å². The van der Waals surface area contributed by atoms with Crippen LogP contribution in [0.1, 0.15) is 35.6 Å². The molecule has 2 amide bonds. The van der Waals surface area contributed by atoms with Crippen molar-refractivity contribution in [1.82, 2.24) is 10.6 Å². The molecule has 0 bridgehead atoms. The summed E-state index contributed by atoms with van der Waals surface area (Å²) in [6.07, 6.45) is 1.45. The van der Waals surface area contributed by atoms with Gasteiger partial charge in [0.25, 0.3) is 0 Å². The molecular weight excluding hydrogens is 480 g/mol. The molecule has 0 aliphatic carbocycles. The summed E-state index contributed by atoms with van der Waals surface area (Å²) in [7, 11) is 0. The first-order valence-corrected chi connectivity index (χ1v) is 12.8. The molecule has 3 aromatic carbocycles. The standard InChI is InChI=1S/C31H36N2O5/c1-2-9-26(31(37)32-20-29(35)25-12-7-4-8-13-25)19-30(36)33-27(21-34)18-23-14-16-28(17-15-23)38-22-24-10-5-3-6-11-24/h2-8,10-17,26-27,29,34-35H,1,9,18-22H2,(H,32,37)(H,33,36)/t26-,27+,29-/m1/s1. The minimum Gasteiger partial charge on any atom is -0.489 e. The lowest BCUT2D eigenvalue weighted by molar-refractivity contribution is -0.131. The number of carbonyl (C=O) groups excluding carboxylic acids is 2. The second-order valence-corrected chi connectivity index (χ2v) is 9.17. The zero-order chi connectivity index (χ0) is 27.2. The van der Waals surface area contributed by atoms with Crippen LogP contribution in [0.15, 0.2) is 97.6 Å². The molecule has 7 nitrogen and oxygen atoms in total. The predicted molar refractivity (Wildman–Crippen MR) is 147 cm³/mol. The summed E-state index contributed by atoms with van der Waals surface area (Å²) >= 11 is 0. The van der Waals surface area contributed by atoms with E-state index >= 15 is 0 Å². The average Bonchev–Trinajstić information content (AvgIpc) is 2.95. The minimum atomic E-state index is -0.841. The van der Waals surface area contributed by atoms with Crippen molar-refractivity contribution in [1.29, 1.82) is 0 Å². The van der Waals surface area contributed by atoms with E-state index in [0.717, 1.165) is 16.9 Å². The second-order valence-electron chi connectivity index (χ2n) is 9.17. The lowest BCUT2D eigenvalue weighted by Crippen LogP contribution is -2.42. The van der Waals surface area contributed by atoms with Gasteiger partial charge in [0, 0.05) is 13.0 Å². The molecule has 0 spiro atoms. The number of aliphatic hydroxyl groups excluding tert-OH is 2. The van der Waals surface area contributed by atoms with Crippen molar-refractivity contribution in [3.63, 3.8) is 0 Å². The largest absolute Gasteiger partial charge is 0.489 e. The minimum absolute atomic E-state index is 0.0441. The molecule has 0 saturated heterocycles. The van der Waals surface area contributed by atoms with Gasteiger partial charge in [-0.1, -0.05) is 78.9 Å². The zero-order valence-electron chi connectivity index (χ0n) is 21.5. The van der Waals surface area contributed by atoms with E-state index in [1.807, 2.05) is 72.8 Å². The van der Waals surface area contributed by atoms with Crippen molar-refractivity contribution < 1.29 is 24.5 Å². The van der Waals surface area contributed by atoms with Gasteiger partial charge >= 0.3 is 0 Å². The van der Waals surface area contributed by atoms with E-state index < -0.39 is 18.1 Å². The lowest BCUT2D eigenvalue weighted by atomic mass is 9.98. The van der Waals surface area contributed by atoms with E-state index in [1.165, 1.54) is 0 Å². The molecular formula is C31H36N2O5. The van der Waals surface area contributed by atoms with Crippen LogP contribution in [0.4, 0.5) is 0 Å². The molecule has 3 rings (SSSR count). The smallest absolute Gasteiger partial charge is 0.224 e. The number of benzene rings is 3. The topological polar surface area (TPSA) is 108 Å². The molecule has 0 aliphatic rings. The Morgan fingerprint density at radius 1 is 0.921 bits per heavy atom. The SMILES string of the molecule is C=CC[C@H](CC(=O)N[C@H](CO)Cc1ccc(OCc2ccccc2)cc1)C(=O)NC[C@@H](O)c1ccccc1. The molecule has 3 aromatic rings. The fourth-order valence-corrected chi connectivity index (χ4v) is 4.04. The summed E-state index contributed by atoms with van der Waals surface area (Å²) in [4.78, 5) is 25.4. The Balaban J connectivity index is 1.47. The molecule has 200 valence electrons. The summed E-state index contributed by atoms with van der Waals surface area (Å²) in [6.45, 7) is 3.97. The van der Waals surface area contributed by atoms with Crippen molar-refractivity contribution >= 4 is 11.8 Å². The molecule has 38 heavy (non-hydrogen) atoms. The first-order chi connectivity index (χ1) is 18.5. The van der Waals surface area contributed by atoms with Crippen molar-refractivity contribution in [3.8, 4) is 5.75 Å². The van der Waals surface area contributed by atoms with Gasteiger partial charge in [-0.3, -0.25) is 9.59 Å². The number of hydrogen-bond donors (Lipinski definition) is 4. The van der Waals surface area contributed by atoms with Crippen LogP contribution in [0, 0.1) is 5.92 Å². The van der Waals surface area contributed by atoms with E-state index in [4.69, 9.17) is 4.74 Å². The number of ether oxygens (including phenoxy) is 1. The highest BCUT2D eigenvalue weighted by molar-refractivity contribution is 5.86. The van der Waals surface area contributed by atoms with Gasteiger partial charge in [0.05, 0.1) is 24.7 Å². The van der Waals surface area contributed by atoms with E-state index in [1.54, 1.807) is 18.2 Å². The van der Waals surface area contributed by atoms with Crippen molar-refractivity contribution in [3.05, 3.63) is 114 Å². The van der Waals surface area contributed by atoms with E-state index in [9.17, 15) is 19.8 Å². The summed E-state index contributed by atoms with van der Waals surface area (Å²) in [5.41, 5.74) is 2.72. The van der Waals surface area contributed by atoms with E-state index in [0.29, 0.717) is 25.0 Å². The Morgan fingerprint density at radius 2 is 1.58 bits per heavy atom. The monoisotopic (exact) mass is 516 g/mol. The van der Waals surface area contributed by atoms with Gasteiger partial charge in [0.2, 0.25) is 11.8 Å². The quantitative estimate of drug-likeness (QED) is 0.230. The first kappa shape index (κ1) is 28.6. The molecule has 0 radical (unpaired) electrons. The third kappa shape index (κ3) is 9.50. The maximum atomic E-state index is 12.7. The maximum Gasteiger partial charge on any atom is 0.224 e. The Bertz CT molecular complexity index is 1140. The van der Waals surface area contributed by atoms with Crippen LogP contribution in [0.5, 0.6) is 5.75 Å². The predicted octanol–water partition coefficient (Wildman–Crippen LogP) is 3.72. The van der Waals surface area contributed by atoms with Gasteiger partial charge in [-0.15, -0.1) is 6.58 Å². The van der Waals surface area contributed by atoms with Gasteiger partial charge < -0.3 is 25.6 Å². The lowest BCUT2D eigenvalue weighted by Gasteiger charge is -2.20. The first-order valence-electron chi connectivity index (χ1n) is 12.8. The summed E-state index contributed by atoms with van der Waals surface area (Å²) in [5.74, 6) is -0.562. The fraction of sp³-hybridized carbons (Fsp3) is 0.290. The molecule has 0 aliphatic heterocycles. The number of aliphatic hydroxyl groups is 2. The van der Waals surface area contributed by atoms with Crippen LogP contribution in [0.3, 0.4) is 0 Å². The average molecular weight is 517 g/mol. The van der Waals surface area contributed by atoms with Gasteiger partial charge in [-0.25, -0.2) is 0 Å². The highest BCUT2D eigenvalue weighted by Crippen LogP contribution is 2.17. The molecule has 0 saturated carbocycles. The molecule has 0 unspecified atom stereocenters. The van der Waals surface area contributed by atoms with Crippen LogP contribution in [-0.4, -0.2) is 41.2 Å². The number of allylic oxidation sites excluding steroid dienone is 1. The number of hydrogen-bond acceptors (Lipinski definition) is 5. The van der Waals surface area contributed by atoms with Crippen LogP contribution in [0.25, 0.3) is 0 Å². The molecule has 0 heterocycles. The molecule has 0 aromatic heterocycles. The highest BCUT2D eigenvalue weighted by atomic mass is 16.5.